The summed E-state index contributed by atoms with van der Waals surface area (Å²) >= 11 is 5.12. The van der Waals surface area contributed by atoms with E-state index in [0.29, 0.717) is 24.3 Å². The number of hydrogen-bond acceptors (Lipinski definition) is 4. The molecule has 1 aromatic carbocycles. The standard InChI is InChI=1S/C18H26N2O3S/c1-3-5-6-7-8-9-16(21)20-18(24)19-15-12-10-14(11-13-15)17(22)23-4-2/h10-13H,3-9H2,1-2H3,(H2,19,20,21,24). The van der Waals surface area contributed by atoms with Crippen LogP contribution in [0, 0.1) is 0 Å². The number of amides is 1. The fraction of sp³-hybridized carbons (Fsp3) is 0.500. The van der Waals surface area contributed by atoms with Crippen molar-refractivity contribution < 1.29 is 14.3 Å². The van der Waals surface area contributed by atoms with E-state index in [4.69, 9.17) is 17.0 Å². The number of hydrogen-bond donors (Lipinski definition) is 2. The third-order valence-corrected chi connectivity index (χ3v) is 3.62. The summed E-state index contributed by atoms with van der Waals surface area (Å²) in [4.78, 5) is 23.4. The summed E-state index contributed by atoms with van der Waals surface area (Å²) < 4.78 is 4.92. The first-order valence-electron chi connectivity index (χ1n) is 8.44. The molecule has 0 saturated heterocycles. The molecule has 24 heavy (non-hydrogen) atoms. The average molecular weight is 350 g/mol. The first kappa shape index (κ1) is 20.1. The fourth-order valence-electron chi connectivity index (χ4n) is 2.14. The highest BCUT2D eigenvalue weighted by molar-refractivity contribution is 7.80. The van der Waals surface area contributed by atoms with Crippen molar-refractivity contribution in [1.29, 1.82) is 0 Å². The molecule has 1 aromatic rings. The molecule has 1 amide bonds. The van der Waals surface area contributed by atoms with Gasteiger partial charge in [-0.25, -0.2) is 4.79 Å². The Balaban J connectivity index is 2.34. The highest BCUT2D eigenvalue weighted by Crippen LogP contribution is 2.11. The second-order valence-corrected chi connectivity index (χ2v) is 5.87. The van der Waals surface area contributed by atoms with Gasteiger partial charge in [-0.05, 0) is 49.8 Å². The zero-order valence-corrected chi connectivity index (χ0v) is 15.2. The molecule has 0 heterocycles. The molecule has 0 aliphatic carbocycles. The number of esters is 1. The van der Waals surface area contributed by atoms with Gasteiger partial charge in [-0.1, -0.05) is 32.6 Å². The molecule has 0 aliphatic rings. The molecule has 0 aromatic heterocycles. The summed E-state index contributed by atoms with van der Waals surface area (Å²) in [6.45, 7) is 4.27. The van der Waals surface area contributed by atoms with E-state index in [1.165, 1.54) is 19.3 Å². The van der Waals surface area contributed by atoms with Crippen molar-refractivity contribution in [2.45, 2.75) is 52.4 Å². The summed E-state index contributed by atoms with van der Waals surface area (Å²) in [5.74, 6) is -0.435. The molecule has 0 unspecified atom stereocenters. The number of anilines is 1. The minimum atomic E-state index is -0.358. The minimum Gasteiger partial charge on any atom is -0.462 e. The maximum atomic E-state index is 11.8. The van der Waals surface area contributed by atoms with Gasteiger partial charge in [-0.3, -0.25) is 4.79 Å². The van der Waals surface area contributed by atoms with E-state index < -0.39 is 0 Å². The van der Waals surface area contributed by atoms with Crippen LogP contribution in [0.5, 0.6) is 0 Å². The number of ether oxygens (including phenoxy) is 1. The number of benzene rings is 1. The lowest BCUT2D eigenvalue weighted by atomic mass is 10.1. The largest absolute Gasteiger partial charge is 0.462 e. The van der Waals surface area contributed by atoms with Crippen molar-refractivity contribution >= 4 is 34.9 Å². The number of carbonyl (C=O) groups is 2. The van der Waals surface area contributed by atoms with E-state index >= 15 is 0 Å². The molecular weight excluding hydrogens is 324 g/mol. The van der Waals surface area contributed by atoms with Gasteiger partial charge in [0.1, 0.15) is 0 Å². The van der Waals surface area contributed by atoms with Gasteiger partial charge in [-0.2, -0.15) is 0 Å². The van der Waals surface area contributed by atoms with Crippen molar-refractivity contribution in [2.75, 3.05) is 11.9 Å². The molecule has 0 radical (unpaired) electrons. The quantitative estimate of drug-likeness (QED) is 0.400. The normalized spacial score (nSPS) is 10.1. The fourth-order valence-corrected chi connectivity index (χ4v) is 2.38. The maximum absolute atomic E-state index is 11.8. The lowest BCUT2D eigenvalue weighted by Crippen LogP contribution is -2.33. The van der Waals surface area contributed by atoms with Gasteiger partial charge < -0.3 is 15.4 Å². The lowest BCUT2D eigenvalue weighted by Gasteiger charge is -2.10. The second kappa shape index (κ2) is 11.6. The van der Waals surface area contributed by atoms with E-state index in [1.807, 2.05) is 0 Å². The average Bonchev–Trinajstić information content (AvgIpc) is 2.55. The van der Waals surface area contributed by atoms with Gasteiger partial charge in [0.05, 0.1) is 12.2 Å². The van der Waals surface area contributed by atoms with Crippen LogP contribution in [0.4, 0.5) is 5.69 Å². The molecule has 0 aliphatic heterocycles. The van der Waals surface area contributed by atoms with Crippen LogP contribution in [-0.4, -0.2) is 23.6 Å². The molecule has 0 saturated carbocycles. The molecule has 0 atom stereocenters. The summed E-state index contributed by atoms with van der Waals surface area (Å²) in [5, 5.41) is 5.86. The first-order chi connectivity index (χ1) is 11.6. The molecule has 2 N–H and O–H groups in total. The zero-order valence-electron chi connectivity index (χ0n) is 14.4. The maximum Gasteiger partial charge on any atom is 0.338 e. The van der Waals surface area contributed by atoms with Crippen LogP contribution in [0.1, 0.15) is 62.7 Å². The Labute approximate surface area is 149 Å². The van der Waals surface area contributed by atoms with Crippen LogP contribution < -0.4 is 10.6 Å². The van der Waals surface area contributed by atoms with Crippen molar-refractivity contribution in [3.8, 4) is 0 Å². The lowest BCUT2D eigenvalue weighted by molar-refractivity contribution is -0.119. The van der Waals surface area contributed by atoms with Crippen LogP contribution in [0.3, 0.4) is 0 Å². The highest BCUT2D eigenvalue weighted by atomic mass is 32.1. The highest BCUT2D eigenvalue weighted by Gasteiger charge is 2.07. The Bertz CT molecular complexity index is 544. The van der Waals surface area contributed by atoms with Crippen LogP contribution in [0.15, 0.2) is 24.3 Å². The Morgan fingerprint density at radius 2 is 1.71 bits per heavy atom. The van der Waals surface area contributed by atoms with Gasteiger partial charge in [-0.15, -0.1) is 0 Å². The van der Waals surface area contributed by atoms with E-state index in [-0.39, 0.29) is 17.0 Å². The Kier molecular flexibility index (Phi) is 9.68. The van der Waals surface area contributed by atoms with Gasteiger partial charge in [0.15, 0.2) is 5.11 Å². The van der Waals surface area contributed by atoms with Gasteiger partial charge in [0, 0.05) is 12.1 Å². The smallest absolute Gasteiger partial charge is 0.338 e. The van der Waals surface area contributed by atoms with E-state index in [1.54, 1.807) is 31.2 Å². The third-order valence-electron chi connectivity index (χ3n) is 3.41. The number of rotatable bonds is 9. The third kappa shape index (κ3) is 8.06. The van der Waals surface area contributed by atoms with Crippen LogP contribution in [0.2, 0.25) is 0 Å². The number of thiocarbonyl (C=S) groups is 1. The summed E-state index contributed by atoms with van der Waals surface area (Å²) in [7, 11) is 0. The van der Waals surface area contributed by atoms with Crippen LogP contribution in [0.25, 0.3) is 0 Å². The zero-order chi connectivity index (χ0) is 17.8. The van der Waals surface area contributed by atoms with Crippen molar-refractivity contribution in [2.24, 2.45) is 0 Å². The number of unbranched alkanes of at least 4 members (excludes halogenated alkanes) is 4. The van der Waals surface area contributed by atoms with Crippen LogP contribution in [-0.2, 0) is 9.53 Å². The van der Waals surface area contributed by atoms with Gasteiger partial charge in [0.25, 0.3) is 0 Å². The number of nitrogens with one attached hydrogen (secondary N) is 2. The predicted octanol–water partition coefficient (Wildman–Crippen LogP) is 4.04. The molecule has 0 bridgehead atoms. The van der Waals surface area contributed by atoms with Gasteiger partial charge >= 0.3 is 5.97 Å². The monoisotopic (exact) mass is 350 g/mol. The van der Waals surface area contributed by atoms with E-state index in [0.717, 1.165) is 12.8 Å². The molecule has 0 fully saturated rings. The molecule has 6 heteroatoms. The summed E-state index contributed by atoms with van der Waals surface area (Å²) in [6.07, 6.45) is 5.99. The van der Waals surface area contributed by atoms with Crippen LogP contribution >= 0.6 is 12.2 Å². The van der Waals surface area contributed by atoms with E-state index in [2.05, 4.69) is 17.6 Å². The number of carbonyl (C=O) groups excluding carboxylic acids is 2. The van der Waals surface area contributed by atoms with Crippen molar-refractivity contribution in [1.82, 2.24) is 5.32 Å². The molecule has 1 rings (SSSR count). The SMILES string of the molecule is CCCCCCCC(=O)NC(=S)Nc1ccc(C(=O)OCC)cc1. The molecule has 0 spiro atoms. The molecular formula is C18H26N2O3S. The first-order valence-corrected chi connectivity index (χ1v) is 8.85. The topological polar surface area (TPSA) is 67.4 Å². The van der Waals surface area contributed by atoms with Crippen molar-refractivity contribution in [3.63, 3.8) is 0 Å². The minimum absolute atomic E-state index is 0.0767. The van der Waals surface area contributed by atoms with E-state index in [9.17, 15) is 9.59 Å². The molecule has 5 nitrogen and oxygen atoms in total. The predicted molar refractivity (Wildman–Crippen MR) is 100 cm³/mol. The Hall–Kier alpha value is -1.95. The Morgan fingerprint density at radius 1 is 1.04 bits per heavy atom. The Morgan fingerprint density at radius 3 is 2.33 bits per heavy atom. The summed E-state index contributed by atoms with van der Waals surface area (Å²) in [5.41, 5.74) is 1.18. The van der Waals surface area contributed by atoms with Crippen molar-refractivity contribution in [3.05, 3.63) is 29.8 Å². The second-order valence-electron chi connectivity index (χ2n) is 5.46. The molecule has 132 valence electrons. The van der Waals surface area contributed by atoms with Gasteiger partial charge in [0.2, 0.25) is 5.91 Å². The summed E-state index contributed by atoms with van der Waals surface area (Å²) in [6, 6.07) is 6.74.